The van der Waals surface area contributed by atoms with Crippen LogP contribution in [0.5, 0.6) is 0 Å². The molecule has 90 valence electrons. The summed E-state index contributed by atoms with van der Waals surface area (Å²) in [7, 11) is 0. The highest BCUT2D eigenvalue weighted by atomic mass is 16.5. The van der Waals surface area contributed by atoms with Crippen LogP contribution in [0.15, 0.2) is 0 Å². The maximum Gasteiger partial charge on any atom is 0.0753 e. The molecule has 0 aromatic rings. The van der Waals surface area contributed by atoms with Crippen LogP contribution < -0.4 is 5.73 Å². The quantitative estimate of drug-likeness (QED) is 0.770. The molecule has 1 aliphatic rings. The second-order valence-electron chi connectivity index (χ2n) is 5.27. The van der Waals surface area contributed by atoms with Crippen molar-refractivity contribution >= 4 is 0 Å². The number of hydrogen-bond acceptors (Lipinski definition) is 3. The molecule has 0 aliphatic carbocycles. The Kier molecular flexibility index (Phi) is 4.56. The summed E-state index contributed by atoms with van der Waals surface area (Å²) in [5.74, 6) is 0.670. The summed E-state index contributed by atoms with van der Waals surface area (Å²) in [6.45, 7) is 12.4. The van der Waals surface area contributed by atoms with Gasteiger partial charge in [-0.05, 0) is 19.8 Å². The molecule has 1 heterocycles. The van der Waals surface area contributed by atoms with Gasteiger partial charge in [-0.25, -0.2) is 0 Å². The van der Waals surface area contributed by atoms with Crippen LogP contribution in [0.25, 0.3) is 0 Å². The van der Waals surface area contributed by atoms with Gasteiger partial charge in [-0.2, -0.15) is 0 Å². The van der Waals surface area contributed by atoms with Crippen LogP contribution in [0.4, 0.5) is 0 Å². The van der Waals surface area contributed by atoms with E-state index in [2.05, 4.69) is 32.6 Å². The number of ether oxygens (including phenoxy) is 1. The van der Waals surface area contributed by atoms with E-state index in [1.807, 2.05) is 0 Å². The smallest absolute Gasteiger partial charge is 0.0753 e. The topological polar surface area (TPSA) is 38.5 Å². The Morgan fingerprint density at radius 2 is 2.13 bits per heavy atom. The average Bonchev–Trinajstić information content (AvgIpc) is 2.17. The summed E-state index contributed by atoms with van der Waals surface area (Å²) < 4.78 is 5.72. The molecule has 1 aliphatic heterocycles. The van der Waals surface area contributed by atoms with Crippen molar-refractivity contribution in [1.29, 1.82) is 0 Å². The lowest BCUT2D eigenvalue weighted by Gasteiger charge is -2.43. The second-order valence-corrected chi connectivity index (χ2v) is 5.27. The molecule has 0 aromatic carbocycles. The molecule has 15 heavy (non-hydrogen) atoms. The van der Waals surface area contributed by atoms with Gasteiger partial charge in [0.1, 0.15) is 0 Å². The normalized spacial score (nSPS) is 26.2. The van der Waals surface area contributed by atoms with Gasteiger partial charge in [-0.1, -0.05) is 20.3 Å². The third-order valence-electron chi connectivity index (χ3n) is 3.47. The van der Waals surface area contributed by atoms with E-state index in [0.29, 0.717) is 12.0 Å². The van der Waals surface area contributed by atoms with Crippen molar-refractivity contribution in [2.75, 3.05) is 26.2 Å². The molecule has 1 fully saturated rings. The van der Waals surface area contributed by atoms with E-state index in [0.717, 1.165) is 26.2 Å². The molecule has 1 rings (SSSR count). The Hall–Kier alpha value is -0.120. The van der Waals surface area contributed by atoms with Crippen LogP contribution in [0, 0.1) is 5.92 Å². The highest BCUT2D eigenvalue weighted by molar-refractivity contribution is 4.86. The van der Waals surface area contributed by atoms with E-state index in [4.69, 9.17) is 10.5 Å². The number of nitrogens with two attached hydrogens (primary N) is 1. The van der Waals surface area contributed by atoms with Crippen LogP contribution in [-0.2, 0) is 4.74 Å². The molecule has 2 atom stereocenters. The van der Waals surface area contributed by atoms with Gasteiger partial charge in [-0.3, -0.25) is 4.90 Å². The molecule has 0 amide bonds. The summed E-state index contributed by atoms with van der Waals surface area (Å²) in [5.41, 5.74) is 5.87. The molecule has 3 heteroatoms. The number of rotatable bonds is 4. The minimum absolute atomic E-state index is 0.0148. The monoisotopic (exact) mass is 214 g/mol. The van der Waals surface area contributed by atoms with Crippen molar-refractivity contribution in [2.24, 2.45) is 11.7 Å². The molecule has 0 saturated carbocycles. The zero-order valence-electron chi connectivity index (χ0n) is 10.6. The number of hydrogen-bond donors (Lipinski definition) is 1. The Bertz CT molecular complexity index is 194. The molecular formula is C12H26N2O. The van der Waals surface area contributed by atoms with E-state index in [1.165, 1.54) is 6.42 Å². The van der Waals surface area contributed by atoms with Crippen molar-refractivity contribution in [3.8, 4) is 0 Å². The van der Waals surface area contributed by atoms with Gasteiger partial charge in [0.2, 0.25) is 0 Å². The zero-order valence-corrected chi connectivity index (χ0v) is 10.6. The van der Waals surface area contributed by atoms with Gasteiger partial charge in [-0.15, -0.1) is 0 Å². The SMILES string of the molecule is CCC(C)C(CN)N1CCOC(C)(C)C1. The molecule has 2 N–H and O–H groups in total. The maximum atomic E-state index is 5.89. The minimum Gasteiger partial charge on any atom is -0.373 e. The maximum absolute atomic E-state index is 5.89. The first-order chi connectivity index (χ1) is 7.00. The fraction of sp³-hybridized carbons (Fsp3) is 1.00. The molecule has 3 nitrogen and oxygen atoms in total. The van der Waals surface area contributed by atoms with E-state index < -0.39 is 0 Å². The molecule has 0 bridgehead atoms. The zero-order chi connectivity index (χ0) is 11.5. The largest absolute Gasteiger partial charge is 0.373 e. The van der Waals surface area contributed by atoms with Crippen molar-refractivity contribution in [3.05, 3.63) is 0 Å². The lowest BCUT2D eigenvalue weighted by molar-refractivity contribution is -0.101. The minimum atomic E-state index is -0.0148. The predicted molar refractivity (Wildman–Crippen MR) is 63.9 cm³/mol. The van der Waals surface area contributed by atoms with E-state index in [-0.39, 0.29) is 5.60 Å². The molecule has 0 spiro atoms. The van der Waals surface area contributed by atoms with Crippen LogP contribution in [0.3, 0.4) is 0 Å². The van der Waals surface area contributed by atoms with Crippen molar-refractivity contribution in [3.63, 3.8) is 0 Å². The molecule has 2 unspecified atom stereocenters. The predicted octanol–water partition coefficient (Wildman–Crippen LogP) is 1.47. The van der Waals surface area contributed by atoms with Crippen molar-refractivity contribution in [1.82, 2.24) is 4.90 Å². The summed E-state index contributed by atoms with van der Waals surface area (Å²) in [5, 5.41) is 0. The standard InChI is InChI=1S/C12H26N2O/c1-5-10(2)11(8-13)14-6-7-15-12(3,4)9-14/h10-11H,5-9,13H2,1-4H3. The summed E-state index contributed by atoms with van der Waals surface area (Å²) in [4.78, 5) is 2.50. The fourth-order valence-corrected chi connectivity index (χ4v) is 2.35. The molecule has 0 radical (unpaired) electrons. The second kappa shape index (κ2) is 5.28. The summed E-state index contributed by atoms with van der Waals surface area (Å²) in [6, 6.07) is 0.512. The van der Waals surface area contributed by atoms with Crippen LogP contribution >= 0.6 is 0 Å². The Morgan fingerprint density at radius 3 is 2.60 bits per heavy atom. The van der Waals surface area contributed by atoms with Gasteiger partial charge in [0, 0.05) is 25.7 Å². The number of morpholine rings is 1. The van der Waals surface area contributed by atoms with Gasteiger partial charge >= 0.3 is 0 Å². The van der Waals surface area contributed by atoms with Crippen LogP contribution in [-0.4, -0.2) is 42.8 Å². The van der Waals surface area contributed by atoms with Crippen LogP contribution in [0.1, 0.15) is 34.1 Å². The third-order valence-corrected chi connectivity index (χ3v) is 3.47. The molecular weight excluding hydrogens is 188 g/mol. The summed E-state index contributed by atoms with van der Waals surface area (Å²) in [6.07, 6.45) is 1.19. The molecule has 0 aromatic heterocycles. The van der Waals surface area contributed by atoms with Gasteiger partial charge < -0.3 is 10.5 Å². The summed E-state index contributed by atoms with van der Waals surface area (Å²) >= 11 is 0. The van der Waals surface area contributed by atoms with Gasteiger partial charge in [0.15, 0.2) is 0 Å². The Balaban J connectivity index is 2.60. The van der Waals surface area contributed by atoms with Gasteiger partial charge in [0.05, 0.1) is 12.2 Å². The number of nitrogens with zero attached hydrogens (tertiary/aromatic N) is 1. The Labute approximate surface area is 94.0 Å². The Morgan fingerprint density at radius 1 is 1.47 bits per heavy atom. The van der Waals surface area contributed by atoms with E-state index in [9.17, 15) is 0 Å². The van der Waals surface area contributed by atoms with Gasteiger partial charge in [0.25, 0.3) is 0 Å². The highest BCUT2D eigenvalue weighted by Crippen LogP contribution is 2.22. The first-order valence-electron chi connectivity index (χ1n) is 6.08. The fourth-order valence-electron chi connectivity index (χ4n) is 2.35. The lowest BCUT2D eigenvalue weighted by atomic mass is 9.95. The average molecular weight is 214 g/mol. The molecule has 1 saturated heterocycles. The first-order valence-corrected chi connectivity index (χ1v) is 6.08. The van der Waals surface area contributed by atoms with Crippen molar-refractivity contribution in [2.45, 2.75) is 45.8 Å². The third kappa shape index (κ3) is 3.44. The lowest BCUT2D eigenvalue weighted by Crippen LogP contribution is -2.55. The van der Waals surface area contributed by atoms with E-state index >= 15 is 0 Å². The van der Waals surface area contributed by atoms with Crippen molar-refractivity contribution < 1.29 is 4.74 Å². The van der Waals surface area contributed by atoms with Crippen LogP contribution in [0.2, 0.25) is 0 Å². The first kappa shape index (κ1) is 12.9. The highest BCUT2D eigenvalue weighted by Gasteiger charge is 2.32. The van der Waals surface area contributed by atoms with E-state index in [1.54, 1.807) is 0 Å².